The van der Waals surface area contributed by atoms with E-state index in [4.69, 9.17) is 0 Å². The predicted octanol–water partition coefficient (Wildman–Crippen LogP) is 7.31. The van der Waals surface area contributed by atoms with E-state index in [9.17, 15) is 0 Å². The lowest BCUT2D eigenvalue weighted by molar-refractivity contribution is 0.911. The largest absolute Gasteiger partial charge is 0.256 e. The summed E-state index contributed by atoms with van der Waals surface area (Å²) in [5.74, 6) is 0. The van der Waals surface area contributed by atoms with Crippen molar-refractivity contribution < 1.29 is 0 Å². The van der Waals surface area contributed by atoms with Crippen molar-refractivity contribution in [3.8, 4) is 22.4 Å². The third kappa shape index (κ3) is 3.30. The number of hydrogen-bond donors (Lipinski definition) is 0. The van der Waals surface area contributed by atoms with Crippen molar-refractivity contribution in [3.63, 3.8) is 0 Å². The van der Waals surface area contributed by atoms with Crippen LogP contribution in [0.1, 0.15) is 34.2 Å². The average Bonchev–Trinajstić information content (AvgIpc) is 2.84. The van der Waals surface area contributed by atoms with Crippen LogP contribution < -0.4 is 0 Å². The molecule has 0 spiro atoms. The fraction of sp³-hybridized carbons (Fsp3) is 0.138. The predicted molar refractivity (Wildman–Crippen MR) is 132 cm³/mol. The van der Waals surface area contributed by atoms with Gasteiger partial charge in [-0.1, -0.05) is 72.8 Å². The lowest BCUT2D eigenvalue weighted by Crippen LogP contribution is -2.12. The fourth-order valence-electron chi connectivity index (χ4n) is 5.20. The lowest BCUT2D eigenvalue weighted by atomic mass is 9.75. The van der Waals surface area contributed by atoms with Gasteiger partial charge in [0.1, 0.15) is 0 Å². The maximum atomic E-state index is 4.65. The van der Waals surface area contributed by atoms with Gasteiger partial charge in [0.05, 0.1) is 5.69 Å². The first kappa shape index (κ1) is 19.8. The number of rotatable bonds is 2. The van der Waals surface area contributed by atoms with Gasteiger partial charge in [0.25, 0.3) is 0 Å². The fourth-order valence-corrected chi connectivity index (χ4v) is 5.20. The quantitative estimate of drug-likeness (QED) is 0.330. The van der Waals surface area contributed by atoms with Gasteiger partial charge >= 0.3 is 0 Å². The Kier molecular flexibility index (Phi) is 5.21. The highest BCUT2D eigenvalue weighted by atomic mass is 35.5. The summed E-state index contributed by atoms with van der Waals surface area (Å²) >= 11 is 0. The molecule has 3 aromatic carbocycles. The molecule has 0 N–H and O–H groups in total. The molecule has 6 rings (SSSR count). The van der Waals surface area contributed by atoms with Gasteiger partial charge in [-0.3, -0.25) is 4.98 Å². The second-order valence-corrected chi connectivity index (χ2v) is 8.20. The molecular formula is C29H24ClN. The van der Waals surface area contributed by atoms with Crippen LogP contribution in [0.2, 0.25) is 0 Å². The molecule has 0 saturated carbocycles. The molecule has 0 unspecified atom stereocenters. The van der Waals surface area contributed by atoms with Gasteiger partial charge in [-0.15, -0.1) is 12.4 Å². The van der Waals surface area contributed by atoms with E-state index < -0.39 is 0 Å². The summed E-state index contributed by atoms with van der Waals surface area (Å²) in [6.45, 7) is 0. The van der Waals surface area contributed by atoms with Gasteiger partial charge in [0, 0.05) is 11.8 Å². The standard InChI is InChI=1S/C29H23N.ClH/c1-2-10-22-20(8-1)15-18-27-24(22)17-16-21-9-7-13-26(29(21)27)23-11-3-4-12-25(23)28-14-5-6-19-30-28;/h1-6,8,10-14,16-17,19H,7,9,15,18H2;1H. The molecule has 0 aliphatic heterocycles. The van der Waals surface area contributed by atoms with Crippen LogP contribution in [0.5, 0.6) is 0 Å². The number of allylic oxidation sites excluding steroid dienone is 1. The summed E-state index contributed by atoms with van der Waals surface area (Å²) in [6, 6.07) is 28.5. The lowest BCUT2D eigenvalue weighted by Gasteiger charge is -2.28. The summed E-state index contributed by atoms with van der Waals surface area (Å²) < 4.78 is 0. The maximum absolute atomic E-state index is 4.65. The van der Waals surface area contributed by atoms with Crippen LogP contribution in [0.25, 0.3) is 28.0 Å². The van der Waals surface area contributed by atoms with Crippen molar-refractivity contribution in [1.82, 2.24) is 4.98 Å². The average molecular weight is 422 g/mol. The van der Waals surface area contributed by atoms with E-state index >= 15 is 0 Å². The number of aryl methyl sites for hydroxylation is 2. The Morgan fingerprint density at radius 1 is 0.581 bits per heavy atom. The van der Waals surface area contributed by atoms with Crippen LogP contribution in [-0.2, 0) is 19.3 Å². The monoisotopic (exact) mass is 421 g/mol. The van der Waals surface area contributed by atoms with Crippen LogP contribution in [0, 0.1) is 0 Å². The van der Waals surface area contributed by atoms with Crippen LogP contribution in [-0.4, -0.2) is 4.98 Å². The number of aromatic nitrogens is 1. The Balaban J connectivity index is 0.00000204. The molecule has 1 heterocycles. The number of benzene rings is 3. The smallest absolute Gasteiger partial charge is 0.0708 e. The highest BCUT2D eigenvalue weighted by Gasteiger charge is 2.25. The van der Waals surface area contributed by atoms with Gasteiger partial charge in [-0.25, -0.2) is 0 Å². The molecule has 0 atom stereocenters. The Hall–Kier alpha value is -3.16. The minimum atomic E-state index is 0. The van der Waals surface area contributed by atoms with Crippen molar-refractivity contribution in [1.29, 1.82) is 0 Å². The number of halogens is 1. The van der Waals surface area contributed by atoms with Crippen molar-refractivity contribution in [3.05, 3.63) is 119 Å². The molecule has 0 bridgehead atoms. The van der Waals surface area contributed by atoms with Crippen molar-refractivity contribution in [2.75, 3.05) is 0 Å². The zero-order chi connectivity index (χ0) is 19.9. The van der Waals surface area contributed by atoms with E-state index in [0.29, 0.717) is 0 Å². The van der Waals surface area contributed by atoms with Crippen LogP contribution in [0.3, 0.4) is 0 Å². The number of hydrogen-bond acceptors (Lipinski definition) is 1. The number of pyridine rings is 1. The molecule has 1 nitrogen and oxygen atoms in total. The summed E-state index contributed by atoms with van der Waals surface area (Å²) in [4.78, 5) is 4.65. The first-order valence-electron chi connectivity index (χ1n) is 10.8. The molecule has 31 heavy (non-hydrogen) atoms. The van der Waals surface area contributed by atoms with Gasteiger partial charge in [0.2, 0.25) is 0 Å². The van der Waals surface area contributed by atoms with Crippen molar-refractivity contribution >= 4 is 18.0 Å². The van der Waals surface area contributed by atoms with Gasteiger partial charge < -0.3 is 0 Å². The van der Waals surface area contributed by atoms with E-state index in [1.54, 1.807) is 0 Å². The highest BCUT2D eigenvalue weighted by Crippen LogP contribution is 2.44. The minimum Gasteiger partial charge on any atom is -0.256 e. The Morgan fingerprint density at radius 2 is 1.35 bits per heavy atom. The van der Waals surface area contributed by atoms with Crippen LogP contribution >= 0.6 is 12.4 Å². The Labute approximate surface area is 189 Å². The molecule has 0 fully saturated rings. The zero-order valence-corrected chi connectivity index (χ0v) is 18.2. The Morgan fingerprint density at radius 3 is 2.19 bits per heavy atom. The maximum Gasteiger partial charge on any atom is 0.0708 e. The van der Waals surface area contributed by atoms with E-state index in [2.05, 4.69) is 83.9 Å². The van der Waals surface area contributed by atoms with Gasteiger partial charge in [-0.2, -0.15) is 0 Å². The summed E-state index contributed by atoms with van der Waals surface area (Å²) in [5, 5.41) is 0. The highest BCUT2D eigenvalue weighted by molar-refractivity contribution is 5.93. The minimum absolute atomic E-state index is 0. The third-order valence-electron chi connectivity index (χ3n) is 6.54. The third-order valence-corrected chi connectivity index (χ3v) is 6.54. The zero-order valence-electron chi connectivity index (χ0n) is 17.3. The molecule has 2 heteroatoms. The summed E-state index contributed by atoms with van der Waals surface area (Å²) in [5.41, 5.74) is 13.7. The van der Waals surface area contributed by atoms with Crippen molar-refractivity contribution in [2.24, 2.45) is 0 Å². The van der Waals surface area contributed by atoms with E-state index in [1.165, 1.54) is 50.1 Å². The van der Waals surface area contributed by atoms with E-state index in [-0.39, 0.29) is 12.4 Å². The molecular weight excluding hydrogens is 398 g/mol. The summed E-state index contributed by atoms with van der Waals surface area (Å²) in [7, 11) is 0. The van der Waals surface area contributed by atoms with Crippen LogP contribution in [0.15, 0.2) is 91.1 Å². The first-order chi connectivity index (χ1) is 14.9. The topological polar surface area (TPSA) is 12.9 Å². The molecule has 152 valence electrons. The molecule has 0 radical (unpaired) electrons. The summed E-state index contributed by atoms with van der Waals surface area (Å²) in [6.07, 6.45) is 8.78. The molecule has 0 saturated heterocycles. The van der Waals surface area contributed by atoms with E-state index in [1.807, 2.05) is 12.3 Å². The first-order valence-corrected chi connectivity index (χ1v) is 10.8. The van der Waals surface area contributed by atoms with Crippen molar-refractivity contribution in [2.45, 2.75) is 25.7 Å². The van der Waals surface area contributed by atoms with Gasteiger partial charge in [0.15, 0.2) is 0 Å². The Bertz CT molecular complexity index is 1290. The van der Waals surface area contributed by atoms with Crippen LogP contribution in [0.4, 0.5) is 0 Å². The second-order valence-electron chi connectivity index (χ2n) is 8.20. The normalized spacial score (nSPS) is 13.9. The molecule has 2 aliphatic rings. The molecule has 0 amide bonds. The number of nitrogens with zero attached hydrogens (tertiary/aromatic N) is 1. The second kappa shape index (κ2) is 8.17. The SMILES string of the molecule is C1=C(c2ccccc2-c2ccccn2)c2c(ccc3c2CCc2ccccc2-3)CC1.Cl. The van der Waals surface area contributed by atoms with E-state index in [0.717, 1.165) is 31.4 Å². The molecule has 4 aromatic rings. The molecule has 1 aromatic heterocycles. The molecule has 2 aliphatic carbocycles. The van der Waals surface area contributed by atoms with Gasteiger partial charge in [-0.05, 0) is 82.3 Å². The number of fused-ring (bicyclic) bond motifs is 5.